The number of carbonyl (C=O) groups is 1. The van der Waals surface area contributed by atoms with Crippen molar-refractivity contribution in [3.05, 3.63) is 59.4 Å². The van der Waals surface area contributed by atoms with E-state index in [1.165, 1.54) is 0 Å². The van der Waals surface area contributed by atoms with Gasteiger partial charge in [-0.2, -0.15) is 0 Å². The van der Waals surface area contributed by atoms with E-state index >= 15 is 0 Å². The normalized spacial score (nSPS) is 10.1. The molecule has 0 radical (unpaired) electrons. The molecule has 2 aromatic rings. The number of hydrogen-bond donors (Lipinski definition) is 2. The molecule has 0 atom stereocenters. The lowest BCUT2D eigenvalue weighted by Gasteiger charge is -2.04. The van der Waals surface area contributed by atoms with Crippen molar-refractivity contribution in [2.45, 2.75) is 13.5 Å². The Bertz CT molecular complexity index is 474. The number of aryl methyl sites for hydroxylation is 1. The van der Waals surface area contributed by atoms with Gasteiger partial charge in [-0.25, -0.2) is 0 Å². The second kappa shape index (κ2) is 4.66. The molecule has 16 heavy (non-hydrogen) atoms. The number of benzene rings is 1. The Morgan fingerprint density at radius 2 is 2.00 bits per heavy atom. The third-order valence-corrected chi connectivity index (χ3v) is 2.49. The average molecular weight is 214 g/mol. The maximum atomic E-state index is 11.8. The first-order valence-electron chi connectivity index (χ1n) is 5.23. The topological polar surface area (TPSA) is 44.9 Å². The number of nitrogens with one attached hydrogen (secondary N) is 2. The van der Waals surface area contributed by atoms with Gasteiger partial charge in [0.05, 0.1) is 5.56 Å². The second-order valence-electron chi connectivity index (χ2n) is 3.68. The Morgan fingerprint density at radius 1 is 1.25 bits per heavy atom. The molecule has 1 heterocycles. The summed E-state index contributed by atoms with van der Waals surface area (Å²) in [6.07, 6.45) is 1.77. The maximum absolute atomic E-state index is 11.8. The highest BCUT2D eigenvalue weighted by Crippen LogP contribution is 2.05. The predicted molar refractivity (Wildman–Crippen MR) is 63.1 cm³/mol. The number of carbonyl (C=O) groups excluding carboxylic acids is 1. The van der Waals surface area contributed by atoms with Gasteiger partial charge in [-0.05, 0) is 18.6 Å². The number of amides is 1. The van der Waals surface area contributed by atoms with E-state index in [9.17, 15) is 4.79 Å². The van der Waals surface area contributed by atoms with Gasteiger partial charge in [-0.3, -0.25) is 4.79 Å². The van der Waals surface area contributed by atoms with Crippen LogP contribution in [0.4, 0.5) is 0 Å². The minimum Gasteiger partial charge on any atom is -0.365 e. The molecular weight excluding hydrogens is 200 g/mol. The van der Waals surface area contributed by atoms with E-state index in [4.69, 9.17) is 0 Å². The molecular formula is C13H14N2O. The lowest BCUT2D eigenvalue weighted by molar-refractivity contribution is 0.0950. The molecule has 0 aliphatic heterocycles. The molecule has 0 saturated heterocycles. The number of rotatable bonds is 3. The van der Waals surface area contributed by atoms with E-state index in [1.54, 1.807) is 12.3 Å². The Kier molecular flexibility index (Phi) is 3.05. The van der Waals surface area contributed by atoms with Crippen molar-refractivity contribution in [2.75, 3.05) is 0 Å². The summed E-state index contributed by atoms with van der Waals surface area (Å²) in [6.45, 7) is 2.45. The van der Waals surface area contributed by atoms with Crippen LogP contribution in [0.5, 0.6) is 0 Å². The Labute approximate surface area is 94.5 Å². The minimum atomic E-state index is -0.0393. The molecule has 0 aliphatic carbocycles. The number of aromatic amines is 1. The Balaban J connectivity index is 1.97. The number of H-pyrrole nitrogens is 1. The summed E-state index contributed by atoms with van der Waals surface area (Å²) in [4.78, 5) is 14.8. The summed E-state index contributed by atoms with van der Waals surface area (Å²) in [5, 5.41) is 2.88. The lowest BCUT2D eigenvalue weighted by atomic mass is 10.2. The summed E-state index contributed by atoms with van der Waals surface area (Å²) >= 11 is 0. The molecule has 1 aromatic heterocycles. The second-order valence-corrected chi connectivity index (χ2v) is 3.68. The van der Waals surface area contributed by atoms with Gasteiger partial charge < -0.3 is 10.3 Å². The van der Waals surface area contributed by atoms with Crippen molar-refractivity contribution in [3.8, 4) is 0 Å². The first-order chi connectivity index (χ1) is 7.77. The SMILES string of the molecule is Cc1[nH]ccc1C(=O)NCc1ccccc1. The van der Waals surface area contributed by atoms with Crippen LogP contribution in [0.25, 0.3) is 0 Å². The maximum Gasteiger partial charge on any atom is 0.253 e. The van der Waals surface area contributed by atoms with Crippen LogP contribution in [-0.4, -0.2) is 10.9 Å². The van der Waals surface area contributed by atoms with E-state index in [1.807, 2.05) is 37.3 Å². The van der Waals surface area contributed by atoms with Crippen molar-refractivity contribution in [3.63, 3.8) is 0 Å². The molecule has 2 rings (SSSR count). The van der Waals surface area contributed by atoms with Gasteiger partial charge in [0.25, 0.3) is 5.91 Å². The van der Waals surface area contributed by atoms with E-state index in [-0.39, 0.29) is 5.91 Å². The Morgan fingerprint density at radius 3 is 2.62 bits per heavy atom. The summed E-state index contributed by atoms with van der Waals surface area (Å²) in [6, 6.07) is 11.7. The van der Waals surface area contributed by atoms with Crippen molar-refractivity contribution in [1.82, 2.24) is 10.3 Å². The van der Waals surface area contributed by atoms with Gasteiger partial charge in [0.1, 0.15) is 0 Å². The Hall–Kier alpha value is -2.03. The molecule has 0 saturated carbocycles. The fourth-order valence-corrected chi connectivity index (χ4v) is 1.57. The summed E-state index contributed by atoms with van der Waals surface area (Å²) in [7, 11) is 0. The highest BCUT2D eigenvalue weighted by Gasteiger charge is 2.08. The van der Waals surface area contributed by atoms with E-state index in [0.29, 0.717) is 12.1 Å². The van der Waals surface area contributed by atoms with Crippen LogP contribution in [0.15, 0.2) is 42.6 Å². The molecule has 0 unspecified atom stereocenters. The summed E-state index contributed by atoms with van der Waals surface area (Å²) in [5.41, 5.74) is 2.70. The fourth-order valence-electron chi connectivity index (χ4n) is 1.57. The molecule has 0 aliphatic rings. The van der Waals surface area contributed by atoms with Gasteiger partial charge in [0.2, 0.25) is 0 Å². The van der Waals surface area contributed by atoms with Crippen LogP contribution in [0, 0.1) is 6.92 Å². The lowest BCUT2D eigenvalue weighted by Crippen LogP contribution is -2.22. The zero-order valence-electron chi connectivity index (χ0n) is 9.16. The van der Waals surface area contributed by atoms with E-state index in [2.05, 4.69) is 10.3 Å². The summed E-state index contributed by atoms with van der Waals surface area (Å²) in [5.74, 6) is -0.0393. The van der Waals surface area contributed by atoms with Crippen LogP contribution < -0.4 is 5.32 Å². The standard InChI is InChI=1S/C13H14N2O/c1-10-12(7-8-14-10)13(16)15-9-11-5-3-2-4-6-11/h2-8,14H,9H2,1H3,(H,15,16). The van der Waals surface area contributed by atoms with Crippen LogP contribution in [0.3, 0.4) is 0 Å². The van der Waals surface area contributed by atoms with Crippen molar-refractivity contribution in [2.24, 2.45) is 0 Å². The van der Waals surface area contributed by atoms with Crippen LogP contribution in [-0.2, 0) is 6.54 Å². The molecule has 82 valence electrons. The first-order valence-corrected chi connectivity index (χ1v) is 5.23. The molecule has 0 fully saturated rings. The molecule has 0 bridgehead atoms. The smallest absolute Gasteiger partial charge is 0.253 e. The molecule has 1 aromatic carbocycles. The monoisotopic (exact) mass is 214 g/mol. The highest BCUT2D eigenvalue weighted by molar-refractivity contribution is 5.95. The van der Waals surface area contributed by atoms with Crippen molar-refractivity contribution >= 4 is 5.91 Å². The molecule has 3 nitrogen and oxygen atoms in total. The van der Waals surface area contributed by atoms with E-state index < -0.39 is 0 Å². The average Bonchev–Trinajstić information content (AvgIpc) is 2.74. The molecule has 0 spiro atoms. The molecule has 3 heteroatoms. The van der Waals surface area contributed by atoms with Gasteiger partial charge in [-0.15, -0.1) is 0 Å². The summed E-state index contributed by atoms with van der Waals surface area (Å²) < 4.78 is 0. The van der Waals surface area contributed by atoms with Gasteiger partial charge in [0.15, 0.2) is 0 Å². The number of aromatic nitrogens is 1. The first kappa shape index (κ1) is 10.5. The van der Waals surface area contributed by atoms with Gasteiger partial charge in [0, 0.05) is 18.4 Å². The molecule has 1 amide bonds. The largest absolute Gasteiger partial charge is 0.365 e. The van der Waals surface area contributed by atoms with Crippen molar-refractivity contribution in [1.29, 1.82) is 0 Å². The van der Waals surface area contributed by atoms with Gasteiger partial charge >= 0.3 is 0 Å². The van der Waals surface area contributed by atoms with Gasteiger partial charge in [-0.1, -0.05) is 30.3 Å². The fraction of sp³-hybridized carbons (Fsp3) is 0.154. The quantitative estimate of drug-likeness (QED) is 0.808. The van der Waals surface area contributed by atoms with Crippen LogP contribution in [0.2, 0.25) is 0 Å². The highest BCUT2D eigenvalue weighted by atomic mass is 16.1. The molecule has 2 N–H and O–H groups in total. The van der Waals surface area contributed by atoms with E-state index in [0.717, 1.165) is 11.3 Å². The van der Waals surface area contributed by atoms with Crippen LogP contribution >= 0.6 is 0 Å². The third-order valence-electron chi connectivity index (χ3n) is 2.49. The third kappa shape index (κ3) is 2.31. The zero-order chi connectivity index (χ0) is 11.4. The van der Waals surface area contributed by atoms with Crippen LogP contribution in [0.1, 0.15) is 21.6 Å². The minimum absolute atomic E-state index is 0.0393. The predicted octanol–water partition coefficient (Wildman–Crippen LogP) is 2.25. The van der Waals surface area contributed by atoms with Crippen molar-refractivity contribution < 1.29 is 4.79 Å². The zero-order valence-corrected chi connectivity index (χ0v) is 9.16. The number of hydrogen-bond acceptors (Lipinski definition) is 1.